The van der Waals surface area contributed by atoms with Gasteiger partial charge >= 0.3 is 0 Å². The van der Waals surface area contributed by atoms with Crippen LogP contribution >= 0.6 is 0 Å². The molecule has 0 amide bonds. The van der Waals surface area contributed by atoms with Gasteiger partial charge in [0.15, 0.2) is 5.78 Å². The molecule has 2 N–H and O–H groups in total. The van der Waals surface area contributed by atoms with E-state index >= 15 is 0 Å². The Hall–Kier alpha value is -1.09. The van der Waals surface area contributed by atoms with Gasteiger partial charge in [-0.05, 0) is 13.8 Å². The van der Waals surface area contributed by atoms with E-state index in [1.807, 2.05) is 6.92 Å². The van der Waals surface area contributed by atoms with Gasteiger partial charge in [-0.2, -0.15) is 0 Å². The number of aliphatic hydroxyl groups is 1. The predicted octanol–water partition coefficient (Wildman–Crippen LogP) is 0.370. The van der Waals surface area contributed by atoms with Gasteiger partial charge in [0.05, 0.1) is 12.1 Å². The lowest BCUT2D eigenvalue weighted by atomic mass is 9.98. The summed E-state index contributed by atoms with van der Waals surface area (Å²) in [6.07, 6.45) is 5.16. The highest BCUT2D eigenvalue weighted by atomic mass is 16.3. The van der Waals surface area contributed by atoms with E-state index in [2.05, 4.69) is 5.32 Å². The van der Waals surface area contributed by atoms with Crippen molar-refractivity contribution in [2.75, 3.05) is 6.61 Å². The zero-order valence-corrected chi connectivity index (χ0v) is 7.29. The van der Waals surface area contributed by atoms with Crippen molar-refractivity contribution in [3.05, 3.63) is 23.9 Å². The van der Waals surface area contributed by atoms with Crippen LogP contribution in [-0.2, 0) is 4.79 Å². The average Bonchev–Trinajstić information content (AvgIpc) is 2.05. The summed E-state index contributed by atoms with van der Waals surface area (Å²) in [6, 6.07) is 0. The summed E-state index contributed by atoms with van der Waals surface area (Å²) < 4.78 is 0. The first-order valence-corrected chi connectivity index (χ1v) is 3.86. The van der Waals surface area contributed by atoms with E-state index in [-0.39, 0.29) is 12.4 Å². The van der Waals surface area contributed by atoms with E-state index in [1.165, 1.54) is 6.92 Å². The number of ketones is 1. The Labute approximate surface area is 71.8 Å². The molecule has 12 heavy (non-hydrogen) atoms. The third-order valence-corrected chi connectivity index (χ3v) is 1.92. The molecule has 0 saturated heterocycles. The van der Waals surface area contributed by atoms with Crippen LogP contribution in [0.2, 0.25) is 0 Å². The summed E-state index contributed by atoms with van der Waals surface area (Å²) in [5.74, 6) is 0.0266. The van der Waals surface area contributed by atoms with Gasteiger partial charge in [-0.3, -0.25) is 4.79 Å². The number of carbonyl (C=O) groups excluding carboxylic acids is 1. The molecule has 0 saturated carbocycles. The largest absolute Gasteiger partial charge is 0.394 e. The number of dihydropyridines is 1. The monoisotopic (exact) mass is 167 g/mol. The molecule has 66 valence electrons. The summed E-state index contributed by atoms with van der Waals surface area (Å²) in [4.78, 5) is 10.9. The highest BCUT2D eigenvalue weighted by Gasteiger charge is 2.21. The Bertz CT molecular complexity index is 255. The van der Waals surface area contributed by atoms with Gasteiger partial charge in [0.25, 0.3) is 0 Å². The fourth-order valence-electron chi connectivity index (χ4n) is 0.930. The minimum Gasteiger partial charge on any atom is -0.394 e. The standard InChI is InChI=1S/C9H13NO2/c1-7(12)8-3-4-9(2,6-11)10-5-8/h3-5,10-11H,6H2,1-2H3. The van der Waals surface area contributed by atoms with Crippen LogP contribution in [0, 0.1) is 0 Å². The highest BCUT2D eigenvalue weighted by molar-refractivity contribution is 5.96. The molecule has 1 aliphatic rings. The molecule has 0 spiro atoms. The van der Waals surface area contributed by atoms with Crippen LogP contribution in [0.1, 0.15) is 13.8 Å². The molecule has 0 aromatic rings. The lowest BCUT2D eigenvalue weighted by molar-refractivity contribution is -0.113. The Morgan fingerprint density at radius 3 is 2.75 bits per heavy atom. The third kappa shape index (κ3) is 1.74. The Balaban J connectivity index is 2.74. The quantitative estimate of drug-likeness (QED) is 0.624. The molecule has 1 heterocycles. The highest BCUT2D eigenvalue weighted by Crippen LogP contribution is 2.13. The van der Waals surface area contributed by atoms with E-state index in [0.29, 0.717) is 5.57 Å². The number of carbonyl (C=O) groups is 1. The molecule has 0 radical (unpaired) electrons. The number of allylic oxidation sites excluding steroid dienone is 2. The van der Waals surface area contributed by atoms with E-state index in [9.17, 15) is 4.79 Å². The molecule has 3 heteroatoms. The molecule has 0 fully saturated rings. The first-order valence-electron chi connectivity index (χ1n) is 3.86. The molecule has 1 unspecified atom stereocenters. The topological polar surface area (TPSA) is 49.3 Å². The van der Waals surface area contributed by atoms with E-state index < -0.39 is 5.54 Å². The first-order chi connectivity index (χ1) is 5.57. The molecule has 1 rings (SSSR count). The van der Waals surface area contributed by atoms with Gasteiger partial charge in [0.2, 0.25) is 0 Å². The van der Waals surface area contributed by atoms with Crippen LogP contribution < -0.4 is 5.32 Å². The van der Waals surface area contributed by atoms with Crippen molar-refractivity contribution in [1.82, 2.24) is 5.32 Å². The smallest absolute Gasteiger partial charge is 0.161 e. The van der Waals surface area contributed by atoms with E-state index in [4.69, 9.17) is 5.11 Å². The fourth-order valence-corrected chi connectivity index (χ4v) is 0.930. The molecule has 0 aliphatic carbocycles. The molecule has 1 atom stereocenters. The van der Waals surface area contributed by atoms with Gasteiger partial charge in [-0.1, -0.05) is 12.2 Å². The molecule has 0 aromatic heterocycles. The van der Waals surface area contributed by atoms with Crippen molar-refractivity contribution in [2.24, 2.45) is 0 Å². The SMILES string of the molecule is CC(=O)C1=CNC(C)(CO)C=C1. The van der Waals surface area contributed by atoms with Crippen molar-refractivity contribution < 1.29 is 9.90 Å². The zero-order chi connectivity index (χ0) is 9.19. The van der Waals surface area contributed by atoms with Gasteiger partial charge in [-0.25, -0.2) is 0 Å². The Morgan fingerprint density at radius 1 is 1.75 bits per heavy atom. The van der Waals surface area contributed by atoms with Crippen LogP contribution in [0.3, 0.4) is 0 Å². The summed E-state index contributed by atoms with van der Waals surface area (Å²) in [5.41, 5.74) is 0.222. The Morgan fingerprint density at radius 2 is 2.42 bits per heavy atom. The fraction of sp³-hybridized carbons (Fsp3) is 0.444. The van der Waals surface area contributed by atoms with Crippen LogP contribution in [0.15, 0.2) is 23.9 Å². The number of hydrogen-bond acceptors (Lipinski definition) is 3. The normalized spacial score (nSPS) is 27.8. The summed E-state index contributed by atoms with van der Waals surface area (Å²) in [7, 11) is 0. The Kier molecular flexibility index (Phi) is 2.33. The number of hydrogen-bond donors (Lipinski definition) is 2. The minimum absolute atomic E-state index is 0.0190. The second-order valence-corrected chi connectivity index (χ2v) is 3.21. The minimum atomic E-state index is -0.418. The van der Waals surface area contributed by atoms with Crippen molar-refractivity contribution in [3.63, 3.8) is 0 Å². The summed E-state index contributed by atoms with van der Waals surface area (Å²) in [5, 5.41) is 11.9. The van der Waals surface area contributed by atoms with Crippen molar-refractivity contribution in [3.8, 4) is 0 Å². The van der Waals surface area contributed by atoms with Crippen molar-refractivity contribution >= 4 is 5.78 Å². The predicted molar refractivity (Wildman–Crippen MR) is 46.5 cm³/mol. The maximum absolute atomic E-state index is 10.9. The van der Waals surface area contributed by atoms with Crippen molar-refractivity contribution in [2.45, 2.75) is 19.4 Å². The molecule has 3 nitrogen and oxygen atoms in total. The second-order valence-electron chi connectivity index (χ2n) is 3.21. The van der Waals surface area contributed by atoms with Gasteiger partial charge < -0.3 is 10.4 Å². The summed E-state index contributed by atoms with van der Waals surface area (Å²) >= 11 is 0. The van der Waals surface area contributed by atoms with Gasteiger partial charge in [-0.15, -0.1) is 0 Å². The van der Waals surface area contributed by atoms with Gasteiger partial charge in [0.1, 0.15) is 0 Å². The molecular formula is C9H13NO2. The lowest BCUT2D eigenvalue weighted by Crippen LogP contribution is -2.42. The van der Waals surface area contributed by atoms with Crippen LogP contribution in [0.4, 0.5) is 0 Å². The maximum atomic E-state index is 10.9. The zero-order valence-electron chi connectivity index (χ0n) is 7.29. The van der Waals surface area contributed by atoms with E-state index in [0.717, 1.165) is 0 Å². The molecular weight excluding hydrogens is 154 g/mol. The summed E-state index contributed by atoms with van der Waals surface area (Å²) in [6.45, 7) is 3.39. The lowest BCUT2D eigenvalue weighted by Gasteiger charge is -2.27. The van der Waals surface area contributed by atoms with Crippen LogP contribution in [-0.4, -0.2) is 23.0 Å². The van der Waals surface area contributed by atoms with Crippen molar-refractivity contribution in [1.29, 1.82) is 0 Å². The molecule has 0 aromatic carbocycles. The van der Waals surface area contributed by atoms with E-state index in [1.54, 1.807) is 18.4 Å². The second kappa shape index (κ2) is 3.11. The van der Waals surface area contributed by atoms with Crippen LogP contribution in [0.5, 0.6) is 0 Å². The molecule has 0 bridgehead atoms. The number of rotatable bonds is 2. The number of Topliss-reactive ketones (excluding diaryl/α,β-unsaturated/α-hetero) is 1. The first kappa shape index (κ1) is 9.00. The van der Waals surface area contributed by atoms with Gasteiger partial charge in [0, 0.05) is 11.8 Å². The third-order valence-electron chi connectivity index (χ3n) is 1.92. The van der Waals surface area contributed by atoms with Crippen LogP contribution in [0.25, 0.3) is 0 Å². The maximum Gasteiger partial charge on any atom is 0.161 e. The number of nitrogens with one attached hydrogen (secondary N) is 1. The molecule has 1 aliphatic heterocycles. The average molecular weight is 167 g/mol. The number of aliphatic hydroxyl groups excluding tert-OH is 1.